The van der Waals surface area contributed by atoms with Gasteiger partial charge >= 0.3 is 0 Å². The molecule has 2 aromatic carbocycles. The minimum Gasteiger partial charge on any atom is -0.489 e. The highest BCUT2D eigenvalue weighted by Crippen LogP contribution is 2.30. The van der Waals surface area contributed by atoms with E-state index in [-0.39, 0.29) is 18.0 Å². The van der Waals surface area contributed by atoms with Crippen molar-refractivity contribution in [3.8, 4) is 5.75 Å². The third-order valence-corrected chi connectivity index (χ3v) is 5.71. The molecule has 0 spiro atoms. The second-order valence-corrected chi connectivity index (χ2v) is 8.04. The van der Waals surface area contributed by atoms with Crippen LogP contribution in [0.25, 0.3) is 0 Å². The molecule has 1 saturated heterocycles. The quantitative estimate of drug-likeness (QED) is 0.524. The number of benzene rings is 2. The van der Waals surface area contributed by atoms with E-state index in [2.05, 4.69) is 51.4 Å². The predicted molar refractivity (Wildman–Crippen MR) is 121 cm³/mol. The number of rotatable bonds is 9. The minimum atomic E-state index is -0.290. The Morgan fingerprint density at radius 3 is 2.81 bits per heavy atom. The smallest absolute Gasteiger partial charge is 0.237 e. The molecule has 166 valence electrons. The second-order valence-electron chi connectivity index (χ2n) is 8.04. The van der Waals surface area contributed by atoms with Crippen LogP contribution < -0.4 is 10.1 Å². The van der Waals surface area contributed by atoms with E-state index in [0.29, 0.717) is 32.7 Å². The van der Waals surface area contributed by atoms with Gasteiger partial charge in [0.05, 0.1) is 12.1 Å². The molecule has 1 aliphatic heterocycles. The molecule has 0 bridgehead atoms. The Balaban J connectivity index is 1.49. The number of amides is 1. The molecule has 8 heteroatoms. The van der Waals surface area contributed by atoms with E-state index in [1.165, 1.54) is 5.56 Å². The lowest BCUT2D eigenvalue weighted by Gasteiger charge is -2.24. The molecule has 1 aromatic heterocycles. The van der Waals surface area contributed by atoms with Gasteiger partial charge < -0.3 is 10.1 Å². The van der Waals surface area contributed by atoms with Gasteiger partial charge in [0.2, 0.25) is 5.91 Å². The van der Waals surface area contributed by atoms with Crippen LogP contribution in [0.15, 0.2) is 67.5 Å². The standard InChI is InChI=1S/C24H28N6O2/c1-3-12-32-23-7-5-4-6-20(23)15-29-16-21(30-17-26-27-28-30)13-22(29)24(31)25-14-19-10-8-18(2)9-11-19/h3-11,17,21-22H,1,12-16H2,2H3,(H,25,31)/t21-,22-/m0/s1. The Bertz CT molecular complexity index is 1030. The van der Waals surface area contributed by atoms with E-state index >= 15 is 0 Å². The second kappa shape index (κ2) is 10.2. The van der Waals surface area contributed by atoms with Gasteiger partial charge in [-0.15, -0.1) is 5.10 Å². The number of carbonyl (C=O) groups is 1. The summed E-state index contributed by atoms with van der Waals surface area (Å²) in [7, 11) is 0. The zero-order valence-corrected chi connectivity index (χ0v) is 18.2. The summed E-state index contributed by atoms with van der Waals surface area (Å²) in [6, 6.07) is 15.8. The fourth-order valence-electron chi connectivity index (χ4n) is 4.01. The molecule has 0 saturated carbocycles. The number of likely N-dealkylation sites (tertiary alicyclic amines) is 1. The van der Waals surface area contributed by atoms with Crippen molar-refractivity contribution in [3.05, 3.63) is 84.2 Å². The first-order valence-corrected chi connectivity index (χ1v) is 10.8. The topological polar surface area (TPSA) is 85.2 Å². The van der Waals surface area contributed by atoms with E-state index in [9.17, 15) is 4.79 Å². The Morgan fingerprint density at radius 1 is 1.25 bits per heavy atom. The highest BCUT2D eigenvalue weighted by molar-refractivity contribution is 5.82. The largest absolute Gasteiger partial charge is 0.489 e. The summed E-state index contributed by atoms with van der Waals surface area (Å²) in [5.74, 6) is 0.808. The summed E-state index contributed by atoms with van der Waals surface area (Å²) >= 11 is 0. The molecule has 2 heterocycles. The van der Waals surface area contributed by atoms with E-state index in [4.69, 9.17) is 4.74 Å². The predicted octanol–water partition coefficient (Wildman–Crippen LogP) is 2.68. The lowest BCUT2D eigenvalue weighted by atomic mass is 10.1. The highest BCUT2D eigenvalue weighted by atomic mass is 16.5. The van der Waals surface area contributed by atoms with E-state index in [1.807, 2.05) is 36.4 Å². The number of carbonyl (C=O) groups excluding carboxylic acids is 1. The molecule has 0 aliphatic carbocycles. The number of tetrazole rings is 1. The number of aryl methyl sites for hydroxylation is 1. The van der Waals surface area contributed by atoms with Crippen molar-refractivity contribution >= 4 is 5.91 Å². The number of ether oxygens (including phenoxy) is 1. The van der Waals surface area contributed by atoms with Gasteiger partial charge in [-0.3, -0.25) is 9.69 Å². The zero-order valence-electron chi connectivity index (χ0n) is 18.2. The third kappa shape index (κ3) is 5.20. The number of hydrogen-bond donors (Lipinski definition) is 1. The molecule has 32 heavy (non-hydrogen) atoms. The number of nitrogens with one attached hydrogen (secondary N) is 1. The SMILES string of the molecule is C=CCOc1ccccc1CN1C[C@@H](n2cnnn2)C[C@H]1C(=O)NCc1ccc(C)cc1. The fourth-order valence-corrected chi connectivity index (χ4v) is 4.01. The van der Waals surface area contributed by atoms with Gasteiger partial charge in [0.25, 0.3) is 0 Å². The molecule has 0 radical (unpaired) electrons. The molecule has 1 amide bonds. The van der Waals surface area contributed by atoms with Gasteiger partial charge in [-0.05, 0) is 35.4 Å². The maximum atomic E-state index is 13.2. The van der Waals surface area contributed by atoms with Crippen LogP contribution in [0.5, 0.6) is 5.75 Å². The Kier molecular flexibility index (Phi) is 6.91. The van der Waals surface area contributed by atoms with Crippen LogP contribution in [0, 0.1) is 6.92 Å². The first kappa shape index (κ1) is 21.7. The first-order chi connectivity index (χ1) is 15.6. The van der Waals surface area contributed by atoms with Gasteiger partial charge in [-0.2, -0.15) is 0 Å². The van der Waals surface area contributed by atoms with Crippen molar-refractivity contribution in [2.45, 2.75) is 38.5 Å². The lowest BCUT2D eigenvalue weighted by Crippen LogP contribution is -2.42. The third-order valence-electron chi connectivity index (χ3n) is 5.71. The van der Waals surface area contributed by atoms with Crippen molar-refractivity contribution in [1.82, 2.24) is 30.4 Å². The summed E-state index contributed by atoms with van der Waals surface area (Å²) in [5.41, 5.74) is 3.31. The van der Waals surface area contributed by atoms with Crippen molar-refractivity contribution in [2.24, 2.45) is 0 Å². The number of hydrogen-bond acceptors (Lipinski definition) is 6. The number of aromatic nitrogens is 4. The van der Waals surface area contributed by atoms with Crippen molar-refractivity contribution in [1.29, 1.82) is 0 Å². The van der Waals surface area contributed by atoms with Crippen LogP contribution in [-0.4, -0.2) is 50.2 Å². The Labute approximate surface area is 187 Å². The molecule has 4 rings (SSSR count). The number of para-hydroxylation sites is 1. The van der Waals surface area contributed by atoms with Crippen molar-refractivity contribution in [3.63, 3.8) is 0 Å². The van der Waals surface area contributed by atoms with Gasteiger partial charge in [-0.25, -0.2) is 4.68 Å². The molecule has 8 nitrogen and oxygen atoms in total. The normalized spacial score (nSPS) is 18.4. The molecular weight excluding hydrogens is 404 g/mol. The molecule has 1 aliphatic rings. The van der Waals surface area contributed by atoms with Crippen LogP contribution in [-0.2, 0) is 17.9 Å². The van der Waals surface area contributed by atoms with Crippen molar-refractivity contribution < 1.29 is 9.53 Å². The van der Waals surface area contributed by atoms with Crippen LogP contribution in [0.2, 0.25) is 0 Å². The van der Waals surface area contributed by atoms with Crippen LogP contribution in [0.1, 0.15) is 29.2 Å². The van der Waals surface area contributed by atoms with Gasteiger partial charge in [-0.1, -0.05) is 60.7 Å². The summed E-state index contributed by atoms with van der Waals surface area (Å²) in [4.78, 5) is 15.4. The lowest BCUT2D eigenvalue weighted by molar-refractivity contribution is -0.125. The molecule has 1 fully saturated rings. The molecular formula is C24H28N6O2. The monoisotopic (exact) mass is 432 g/mol. The maximum absolute atomic E-state index is 13.2. The zero-order chi connectivity index (χ0) is 22.3. The summed E-state index contributed by atoms with van der Waals surface area (Å²) < 4.78 is 7.56. The van der Waals surface area contributed by atoms with E-state index in [1.54, 1.807) is 17.1 Å². The molecule has 0 unspecified atom stereocenters. The van der Waals surface area contributed by atoms with E-state index in [0.717, 1.165) is 16.9 Å². The van der Waals surface area contributed by atoms with Gasteiger partial charge in [0.15, 0.2) is 0 Å². The average Bonchev–Trinajstić information content (AvgIpc) is 3.48. The number of nitrogens with zero attached hydrogens (tertiary/aromatic N) is 5. The van der Waals surface area contributed by atoms with Gasteiger partial charge in [0, 0.05) is 25.2 Å². The average molecular weight is 433 g/mol. The first-order valence-electron chi connectivity index (χ1n) is 10.8. The molecule has 3 aromatic rings. The van der Waals surface area contributed by atoms with Crippen LogP contribution in [0.4, 0.5) is 0 Å². The van der Waals surface area contributed by atoms with Crippen LogP contribution >= 0.6 is 0 Å². The summed E-state index contributed by atoms with van der Waals surface area (Å²) in [6.07, 6.45) is 3.97. The van der Waals surface area contributed by atoms with Crippen LogP contribution in [0.3, 0.4) is 0 Å². The molecule has 2 atom stereocenters. The maximum Gasteiger partial charge on any atom is 0.237 e. The summed E-state index contributed by atoms with van der Waals surface area (Å²) in [6.45, 7) is 7.97. The van der Waals surface area contributed by atoms with Gasteiger partial charge in [0.1, 0.15) is 18.7 Å². The van der Waals surface area contributed by atoms with Crippen molar-refractivity contribution in [2.75, 3.05) is 13.2 Å². The Hall–Kier alpha value is -3.52. The summed E-state index contributed by atoms with van der Waals surface area (Å²) in [5, 5.41) is 14.7. The molecule has 1 N–H and O–H groups in total. The fraction of sp³-hybridized carbons (Fsp3) is 0.333. The highest BCUT2D eigenvalue weighted by Gasteiger charge is 2.38. The minimum absolute atomic E-state index is 0.00522. The van der Waals surface area contributed by atoms with E-state index < -0.39 is 0 Å². The Morgan fingerprint density at radius 2 is 2.06 bits per heavy atom.